The first-order valence-electron chi connectivity index (χ1n) is 11.3. The number of methoxy groups -OCH3 is 1. The van der Waals surface area contributed by atoms with Gasteiger partial charge in [0.25, 0.3) is 0 Å². The number of aryl methyl sites for hydroxylation is 1. The van der Waals surface area contributed by atoms with E-state index in [1.807, 2.05) is 84.3 Å². The zero-order chi connectivity index (χ0) is 23.9. The number of aromatic nitrogens is 2. The van der Waals surface area contributed by atoms with Crippen molar-refractivity contribution in [2.45, 2.75) is 42.7 Å². The van der Waals surface area contributed by atoms with Gasteiger partial charge in [0.2, 0.25) is 0 Å². The highest BCUT2D eigenvalue weighted by atomic mass is 32.2. The summed E-state index contributed by atoms with van der Waals surface area (Å²) in [5.41, 5.74) is 3.64. The number of benzene rings is 3. The lowest BCUT2D eigenvalue weighted by molar-refractivity contribution is -0.140. The van der Waals surface area contributed by atoms with E-state index in [0.717, 1.165) is 47.3 Å². The monoisotopic (exact) mass is 476 g/mol. The van der Waals surface area contributed by atoms with Crippen LogP contribution in [0.25, 0.3) is 16.7 Å². The van der Waals surface area contributed by atoms with Gasteiger partial charge in [0, 0.05) is 12.5 Å². The first kappa shape index (κ1) is 23.9. The van der Waals surface area contributed by atoms with Gasteiger partial charge in [0.05, 0.1) is 41.6 Å². The summed E-state index contributed by atoms with van der Waals surface area (Å²) in [4.78, 5) is 16.7. The van der Waals surface area contributed by atoms with E-state index >= 15 is 0 Å². The van der Waals surface area contributed by atoms with E-state index in [1.165, 1.54) is 7.11 Å². The van der Waals surface area contributed by atoms with Crippen molar-refractivity contribution >= 4 is 28.2 Å². The lowest BCUT2D eigenvalue weighted by Crippen LogP contribution is -2.10. The predicted molar refractivity (Wildman–Crippen MR) is 133 cm³/mol. The van der Waals surface area contributed by atoms with Gasteiger partial charge in [-0.05, 0) is 62.6 Å². The average Bonchev–Trinajstić information content (AvgIpc) is 3.25. The molecule has 1 unspecified atom stereocenters. The highest BCUT2D eigenvalue weighted by Crippen LogP contribution is 2.30. The molecule has 0 bridgehead atoms. The van der Waals surface area contributed by atoms with Gasteiger partial charge in [-0.25, -0.2) is 0 Å². The molecular weight excluding hydrogens is 448 g/mol. The third kappa shape index (κ3) is 5.61. The Balaban J connectivity index is 1.60. The summed E-state index contributed by atoms with van der Waals surface area (Å²) in [5, 5.41) is 0.477. The number of hydrogen-bond donors (Lipinski definition) is 0. The third-order valence-corrected chi connectivity index (χ3v) is 6.84. The number of hydrogen-bond acceptors (Lipinski definition) is 5. The molecule has 6 nitrogen and oxygen atoms in total. The number of esters is 1. The Morgan fingerprint density at radius 2 is 1.76 bits per heavy atom. The molecular formula is C27H28N2O4S. The van der Waals surface area contributed by atoms with E-state index < -0.39 is 11.2 Å². The summed E-state index contributed by atoms with van der Waals surface area (Å²) in [6.07, 6.45) is 2.94. The molecule has 0 amide bonds. The van der Waals surface area contributed by atoms with Gasteiger partial charge in [0.1, 0.15) is 5.75 Å². The Kier molecular flexibility index (Phi) is 7.87. The summed E-state index contributed by atoms with van der Waals surface area (Å²) in [5.74, 6) is 0.546. The van der Waals surface area contributed by atoms with Crippen LogP contribution in [0.15, 0.2) is 82.8 Å². The van der Waals surface area contributed by atoms with Gasteiger partial charge in [-0.1, -0.05) is 35.9 Å². The van der Waals surface area contributed by atoms with E-state index in [0.29, 0.717) is 23.1 Å². The highest BCUT2D eigenvalue weighted by Gasteiger charge is 2.25. The van der Waals surface area contributed by atoms with Crippen LogP contribution in [0.4, 0.5) is 0 Å². The first-order chi connectivity index (χ1) is 16.6. The number of carbonyl (C=O) groups is 1. The summed E-state index contributed by atoms with van der Waals surface area (Å²) in [7, 11) is 1.41. The molecule has 1 heterocycles. The Hall–Kier alpha value is -3.29. The molecule has 7 heteroatoms. The molecule has 0 aliphatic carbocycles. The number of ether oxygens (including phenoxy) is 2. The summed E-state index contributed by atoms with van der Waals surface area (Å²) < 4.78 is 26.1. The van der Waals surface area contributed by atoms with Crippen molar-refractivity contribution in [3.8, 4) is 11.4 Å². The zero-order valence-electron chi connectivity index (χ0n) is 19.4. The van der Waals surface area contributed by atoms with Crippen LogP contribution in [0.2, 0.25) is 0 Å². The second-order valence-electron chi connectivity index (χ2n) is 8.03. The number of fused-ring (bicyclic) bond motifs is 1. The lowest BCUT2D eigenvalue weighted by atomic mass is 10.2. The van der Waals surface area contributed by atoms with Crippen molar-refractivity contribution in [2.24, 2.45) is 0 Å². The standard InChI is InChI=1S/C27H28N2O4S/c1-20-12-14-21(15-13-20)29-25-19-22(33-18-8-4-7-11-26(30)32-2)16-17-24(25)28-27(29)34(31)23-9-5-3-6-10-23/h3,5-6,9-10,12-17,19H,4,7-8,11,18H2,1-2H3. The van der Waals surface area contributed by atoms with E-state index in [-0.39, 0.29) is 5.97 Å². The van der Waals surface area contributed by atoms with Gasteiger partial charge in [-0.2, -0.15) is 4.98 Å². The van der Waals surface area contributed by atoms with Crippen LogP contribution >= 0.6 is 0 Å². The largest absolute Gasteiger partial charge is 0.604 e. The summed E-state index contributed by atoms with van der Waals surface area (Å²) >= 11 is -1.44. The molecule has 4 aromatic rings. The molecule has 0 fully saturated rings. The number of rotatable bonds is 10. The summed E-state index contributed by atoms with van der Waals surface area (Å²) in [6, 6.07) is 23.2. The topological polar surface area (TPSA) is 76.4 Å². The normalized spacial score (nSPS) is 12.0. The fraction of sp³-hybridized carbons (Fsp3) is 0.259. The van der Waals surface area contributed by atoms with Crippen molar-refractivity contribution in [1.29, 1.82) is 0 Å². The van der Waals surface area contributed by atoms with Gasteiger partial charge >= 0.3 is 11.1 Å². The van der Waals surface area contributed by atoms with Crippen molar-refractivity contribution < 1.29 is 18.8 Å². The molecule has 34 heavy (non-hydrogen) atoms. The number of imidazole rings is 1. The van der Waals surface area contributed by atoms with Gasteiger partial charge in [-0.3, -0.25) is 9.36 Å². The molecule has 176 valence electrons. The van der Waals surface area contributed by atoms with Crippen molar-refractivity contribution in [1.82, 2.24) is 9.55 Å². The van der Waals surface area contributed by atoms with E-state index in [4.69, 9.17) is 9.72 Å². The molecule has 0 saturated heterocycles. The molecule has 1 aromatic heterocycles. The van der Waals surface area contributed by atoms with Crippen molar-refractivity contribution in [3.63, 3.8) is 0 Å². The number of carbonyl (C=O) groups excluding carboxylic acids is 1. The van der Waals surface area contributed by atoms with Crippen LogP contribution < -0.4 is 4.74 Å². The minimum Gasteiger partial charge on any atom is -0.604 e. The SMILES string of the molecule is COC(=O)CCCCCOc1ccc2nc([S+]([O-])c3ccccc3)n(-c3ccc(C)cc3)c2c1. The summed E-state index contributed by atoms with van der Waals surface area (Å²) in [6.45, 7) is 2.59. The number of nitrogens with zero attached hydrogens (tertiary/aromatic N) is 2. The zero-order valence-corrected chi connectivity index (χ0v) is 20.2. The Bertz CT molecular complexity index is 1240. The lowest BCUT2D eigenvalue weighted by Gasteiger charge is -2.12. The first-order valence-corrected chi connectivity index (χ1v) is 12.5. The Labute approximate surface area is 202 Å². The maximum absolute atomic E-state index is 13.5. The molecule has 0 N–H and O–H groups in total. The third-order valence-electron chi connectivity index (χ3n) is 5.53. The fourth-order valence-corrected chi connectivity index (χ4v) is 4.85. The smallest absolute Gasteiger partial charge is 0.334 e. The molecule has 0 aliphatic heterocycles. The molecule has 0 aliphatic rings. The number of unbranched alkanes of at least 4 members (excludes halogenated alkanes) is 2. The van der Waals surface area contributed by atoms with Crippen LogP contribution in [-0.2, 0) is 20.7 Å². The maximum atomic E-state index is 13.5. The van der Waals surface area contributed by atoms with Gasteiger partial charge in [0.15, 0.2) is 4.90 Å². The molecule has 3 aromatic carbocycles. The van der Waals surface area contributed by atoms with Crippen LogP contribution in [0.1, 0.15) is 31.2 Å². The van der Waals surface area contributed by atoms with E-state index in [1.54, 1.807) is 0 Å². The molecule has 1 atom stereocenters. The van der Waals surface area contributed by atoms with E-state index in [9.17, 15) is 9.35 Å². The molecule has 0 radical (unpaired) electrons. The molecule has 4 rings (SSSR count). The van der Waals surface area contributed by atoms with Crippen LogP contribution in [0.3, 0.4) is 0 Å². The fourth-order valence-electron chi connectivity index (χ4n) is 3.68. The van der Waals surface area contributed by atoms with Crippen molar-refractivity contribution in [2.75, 3.05) is 13.7 Å². The van der Waals surface area contributed by atoms with Crippen LogP contribution in [0, 0.1) is 6.92 Å². The minimum atomic E-state index is -1.44. The Morgan fingerprint density at radius 1 is 1.00 bits per heavy atom. The second-order valence-corrected chi connectivity index (χ2v) is 9.41. The Morgan fingerprint density at radius 3 is 2.50 bits per heavy atom. The van der Waals surface area contributed by atoms with E-state index in [2.05, 4.69) is 4.74 Å². The average molecular weight is 477 g/mol. The maximum Gasteiger partial charge on any atom is 0.334 e. The minimum absolute atomic E-state index is 0.181. The predicted octanol–water partition coefficient (Wildman–Crippen LogP) is 5.61. The quantitative estimate of drug-likeness (QED) is 0.169. The molecule has 0 spiro atoms. The second kappa shape index (κ2) is 11.2. The highest BCUT2D eigenvalue weighted by molar-refractivity contribution is 7.91. The van der Waals surface area contributed by atoms with Gasteiger partial charge < -0.3 is 14.0 Å². The molecule has 0 saturated carbocycles. The van der Waals surface area contributed by atoms with Gasteiger partial charge in [-0.15, -0.1) is 0 Å². The van der Waals surface area contributed by atoms with Crippen molar-refractivity contribution in [3.05, 3.63) is 78.4 Å². The van der Waals surface area contributed by atoms with Crippen LogP contribution in [0.5, 0.6) is 5.75 Å². The van der Waals surface area contributed by atoms with Crippen LogP contribution in [-0.4, -0.2) is 33.8 Å².